The summed E-state index contributed by atoms with van der Waals surface area (Å²) in [7, 11) is 0. The van der Waals surface area contributed by atoms with Crippen molar-refractivity contribution in [2.75, 3.05) is 6.61 Å². The Balaban J connectivity index is 0.000000321. The van der Waals surface area contributed by atoms with Gasteiger partial charge in [0.15, 0.2) is 0 Å². The summed E-state index contributed by atoms with van der Waals surface area (Å²) in [6, 6.07) is 30.0. The number of amides is 2. The van der Waals surface area contributed by atoms with E-state index in [1.165, 1.54) is 0 Å². The van der Waals surface area contributed by atoms with Crippen LogP contribution < -0.4 is 10.6 Å². The molecule has 0 spiro atoms. The first-order valence-electron chi connectivity index (χ1n) is 19.6. The van der Waals surface area contributed by atoms with Crippen LogP contribution in [-0.4, -0.2) is 69.7 Å². The molecule has 12 nitrogen and oxygen atoms in total. The van der Waals surface area contributed by atoms with Crippen LogP contribution in [0, 0.1) is 11.8 Å². The molecule has 5 N–H and O–H groups in total. The van der Waals surface area contributed by atoms with Crippen LogP contribution in [0.2, 0.25) is 10.0 Å². The molecule has 0 aliphatic carbocycles. The number of ether oxygens (including phenoxy) is 1. The van der Waals surface area contributed by atoms with Gasteiger partial charge in [0.2, 0.25) is 11.8 Å². The Bertz CT molecular complexity index is 2060. The molecular formula is C46H52Cl2N2O10. The van der Waals surface area contributed by atoms with E-state index in [0.29, 0.717) is 35.9 Å². The third-order valence-corrected chi connectivity index (χ3v) is 9.91. The van der Waals surface area contributed by atoms with E-state index in [4.69, 9.17) is 38.2 Å². The second kappa shape index (κ2) is 25.0. The number of esters is 1. The zero-order valence-corrected chi connectivity index (χ0v) is 35.4. The maximum atomic E-state index is 12.2. The second-order valence-electron chi connectivity index (χ2n) is 14.5. The summed E-state index contributed by atoms with van der Waals surface area (Å²) >= 11 is 12.1. The van der Waals surface area contributed by atoms with E-state index >= 15 is 0 Å². The molecule has 0 radical (unpaired) electrons. The van der Waals surface area contributed by atoms with Crippen molar-refractivity contribution in [1.29, 1.82) is 0 Å². The molecule has 0 fully saturated rings. The van der Waals surface area contributed by atoms with Crippen molar-refractivity contribution < 1.29 is 48.8 Å². The molecule has 0 unspecified atom stereocenters. The van der Waals surface area contributed by atoms with Gasteiger partial charge in [-0.25, -0.2) is 0 Å². The van der Waals surface area contributed by atoms with Gasteiger partial charge in [-0.1, -0.05) is 110 Å². The number of nitrogens with one attached hydrogen (secondary N) is 2. The number of hydrogen-bond acceptors (Lipinski definition) is 7. The Morgan fingerprint density at radius 1 is 0.567 bits per heavy atom. The second-order valence-corrected chi connectivity index (χ2v) is 15.4. The van der Waals surface area contributed by atoms with E-state index < -0.39 is 41.7 Å². The first-order valence-corrected chi connectivity index (χ1v) is 20.4. The molecule has 0 aliphatic rings. The SMILES string of the molecule is CCOC(=O)[C@H](C)C[C@@H](Cc1ccc(-c2cccc(Cl)c2)cc1)NC(=O)CCC(=O)O.C[C@H](C[C@@H](Cc1ccc(-c2cccc(Cl)c2)cc1)NC(=O)CCC(=O)O)C(=O)O. The Morgan fingerprint density at radius 3 is 1.32 bits per heavy atom. The van der Waals surface area contributed by atoms with Gasteiger partial charge in [-0.05, 0) is 90.3 Å². The summed E-state index contributed by atoms with van der Waals surface area (Å²) in [6.07, 6.45) is 0.874. The molecule has 0 saturated carbocycles. The van der Waals surface area contributed by atoms with Crippen LogP contribution in [0.5, 0.6) is 0 Å². The fourth-order valence-electron chi connectivity index (χ4n) is 6.33. The summed E-state index contributed by atoms with van der Waals surface area (Å²) in [5.41, 5.74) is 5.95. The highest BCUT2D eigenvalue weighted by Crippen LogP contribution is 2.25. The monoisotopic (exact) mass is 862 g/mol. The van der Waals surface area contributed by atoms with E-state index in [0.717, 1.165) is 33.4 Å². The molecule has 0 saturated heterocycles. The van der Waals surface area contributed by atoms with Crippen molar-refractivity contribution in [2.24, 2.45) is 11.8 Å². The molecule has 2 amide bonds. The Labute approximate surface area is 360 Å². The average Bonchev–Trinajstić information content (AvgIpc) is 3.20. The van der Waals surface area contributed by atoms with E-state index in [2.05, 4.69) is 10.6 Å². The van der Waals surface area contributed by atoms with Crippen molar-refractivity contribution in [3.05, 3.63) is 118 Å². The van der Waals surface area contributed by atoms with Gasteiger partial charge in [0.05, 0.1) is 31.3 Å². The molecule has 4 atom stereocenters. The number of hydrogen-bond donors (Lipinski definition) is 5. The van der Waals surface area contributed by atoms with Crippen LogP contribution >= 0.6 is 23.2 Å². The third kappa shape index (κ3) is 18.0. The number of carboxylic acid groups (broad SMARTS) is 3. The van der Waals surface area contributed by atoms with Gasteiger partial charge in [-0.2, -0.15) is 0 Å². The van der Waals surface area contributed by atoms with E-state index in [1.54, 1.807) is 26.8 Å². The molecule has 4 aromatic carbocycles. The molecular weight excluding hydrogens is 811 g/mol. The average molecular weight is 864 g/mol. The predicted octanol–water partition coefficient (Wildman–Crippen LogP) is 8.50. The lowest BCUT2D eigenvalue weighted by molar-refractivity contribution is -0.148. The van der Waals surface area contributed by atoms with Crippen LogP contribution in [0.1, 0.15) is 70.4 Å². The van der Waals surface area contributed by atoms with Gasteiger partial charge in [0, 0.05) is 35.0 Å². The number of carbonyl (C=O) groups excluding carboxylic acids is 3. The molecule has 60 heavy (non-hydrogen) atoms. The van der Waals surface area contributed by atoms with Gasteiger partial charge in [0.25, 0.3) is 0 Å². The lowest BCUT2D eigenvalue weighted by atomic mass is 9.94. The fourth-order valence-corrected chi connectivity index (χ4v) is 6.71. The highest BCUT2D eigenvalue weighted by Gasteiger charge is 2.23. The fraction of sp³-hybridized carbons (Fsp3) is 0.348. The Kier molecular flexibility index (Phi) is 20.3. The zero-order valence-electron chi connectivity index (χ0n) is 33.9. The van der Waals surface area contributed by atoms with Crippen LogP contribution in [0.3, 0.4) is 0 Å². The highest BCUT2D eigenvalue weighted by molar-refractivity contribution is 6.31. The van der Waals surface area contributed by atoms with Crippen molar-refractivity contribution in [2.45, 2.75) is 84.2 Å². The maximum Gasteiger partial charge on any atom is 0.308 e. The van der Waals surface area contributed by atoms with Crippen molar-refractivity contribution in [1.82, 2.24) is 10.6 Å². The zero-order chi connectivity index (χ0) is 44.2. The minimum Gasteiger partial charge on any atom is -0.481 e. The van der Waals surface area contributed by atoms with E-state index in [1.807, 2.05) is 91.0 Å². The molecule has 0 bridgehead atoms. The summed E-state index contributed by atoms with van der Waals surface area (Å²) in [5, 5.41) is 33.7. The van der Waals surface area contributed by atoms with Gasteiger partial charge >= 0.3 is 23.9 Å². The van der Waals surface area contributed by atoms with Crippen LogP contribution in [-0.2, 0) is 46.3 Å². The molecule has 4 rings (SSSR count). The first kappa shape index (κ1) is 48.6. The van der Waals surface area contributed by atoms with Gasteiger partial charge in [0.1, 0.15) is 0 Å². The molecule has 0 heterocycles. The quantitative estimate of drug-likeness (QED) is 0.0507. The van der Waals surface area contributed by atoms with Gasteiger partial charge in [-0.3, -0.25) is 28.8 Å². The summed E-state index contributed by atoms with van der Waals surface area (Å²) < 4.78 is 5.07. The molecule has 0 aromatic heterocycles. The molecule has 320 valence electrons. The summed E-state index contributed by atoms with van der Waals surface area (Å²) in [5.74, 6) is -5.10. The largest absolute Gasteiger partial charge is 0.481 e. The minimum absolute atomic E-state index is 0.104. The summed E-state index contributed by atoms with van der Waals surface area (Å²) in [4.78, 5) is 68.9. The van der Waals surface area contributed by atoms with Crippen LogP contribution in [0.4, 0.5) is 0 Å². The van der Waals surface area contributed by atoms with Crippen molar-refractivity contribution in [3.63, 3.8) is 0 Å². The van der Waals surface area contributed by atoms with Crippen LogP contribution in [0.15, 0.2) is 97.1 Å². The topological polar surface area (TPSA) is 196 Å². The number of carbonyl (C=O) groups is 6. The number of rotatable bonds is 21. The van der Waals surface area contributed by atoms with Gasteiger partial charge in [-0.15, -0.1) is 0 Å². The Morgan fingerprint density at radius 2 is 0.967 bits per heavy atom. The highest BCUT2D eigenvalue weighted by atomic mass is 35.5. The minimum atomic E-state index is -1.05. The number of carboxylic acids is 3. The van der Waals surface area contributed by atoms with E-state index in [-0.39, 0.29) is 50.0 Å². The number of halogens is 2. The number of aliphatic carboxylic acids is 3. The normalized spacial score (nSPS) is 12.7. The molecule has 0 aliphatic heterocycles. The van der Waals surface area contributed by atoms with Crippen molar-refractivity contribution in [3.8, 4) is 22.3 Å². The first-order chi connectivity index (χ1) is 28.5. The predicted molar refractivity (Wildman–Crippen MR) is 231 cm³/mol. The van der Waals surface area contributed by atoms with E-state index in [9.17, 15) is 33.9 Å². The number of benzene rings is 4. The third-order valence-electron chi connectivity index (χ3n) is 9.44. The Hall–Kier alpha value is -5.72. The van der Waals surface area contributed by atoms with Crippen molar-refractivity contribution >= 4 is 58.9 Å². The van der Waals surface area contributed by atoms with Crippen LogP contribution in [0.25, 0.3) is 22.3 Å². The maximum absolute atomic E-state index is 12.2. The lowest BCUT2D eigenvalue weighted by Gasteiger charge is -2.22. The molecule has 14 heteroatoms. The summed E-state index contributed by atoms with van der Waals surface area (Å²) in [6.45, 7) is 5.39. The standard InChI is InChI=1S/C24H28ClNO5.C22H24ClNO5/c1-3-31-24(30)16(2)13-21(26-22(27)11-12-23(28)29)14-17-7-9-18(10-8-17)19-5-4-6-20(25)15-19;1-14(22(28)29)11-19(24-20(25)9-10-21(26)27)12-15-5-7-16(8-6-15)17-3-2-4-18(23)13-17/h4-10,15-16,21H,3,11-14H2,1-2H3,(H,26,27)(H,28,29);2-8,13-14,19H,9-12H2,1H3,(H,24,25)(H,26,27)(H,28,29)/t16-,21+;14-,19+/m11/s1. The molecule has 4 aromatic rings. The van der Waals surface area contributed by atoms with Gasteiger partial charge < -0.3 is 30.7 Å². The smallest absolute Gasteiger partial charge is 0.308 e. The lowest BCUT2D eigenvalue weighted by Crippen LogP contribution is -2.39.